The second-order valence-corrected chi connectivity index (χ2v) is 10.9. The summed E-state index contributed by atoms with van der Waals surface area (Å²) >= 11 is 6.48. The highest BCUT2D eigenvalue weighted by molar-refractivity contribution is 6.32. The van der Waals surface area contributed by atoms with Crippen molar-refractivity contribution >= 4 is 23.6 Å². The van der Waals surface area contributed by atoms with Crippen LogP contribution in [0.15, 0.2) is 73.1 Å². The Morgan fingerprint density at radius 1 is 0.952 bits per heavy atom. The SMILES string of the molecule is Cc1c(COc2cc(OCc3cncc(N)c3)c(C=O)cc2Cl)cccc1-c1cccc(OCCCN2CCCC2)c1. The molecule has 7 nitrogen and oxygen atoms in total. The van der Waals surface area contributed by atoms with Gasteiger partial charge < -0.3 is 24.8 Å². The highest BCUT2D eigenvalue weighted by atomic mass is 35.5. The van der Waals surface area contributed by atoms with Crippen LogP contribution in [-0.4, -0.2) is 42.4 Å². The zero-order valence-electron chi connectivity index (χ0n) is 23.9. The van der Waals surface area contributed by atoms with Crippen molar-refractivity contribution in [1.29, 1.82) is 0 Å². The summed E-state index contributed by atoms with van der Waals surface area (Å²) in [6.07, 6.45) is 7.58. The summed E-state index contributed by atoms with van der Waals surface area (Å²) < 4.78 is 18.1. The van der Waals surface area contributed by atoms with E-state index < -0.39 is 0 Å². The van der Waals surface area contributed by atoms with E-state index in [9.17, 15) is 4.79 Å². The largest absolute Gasteiger partial charge is 0.494 e. The number of anilines is 1. The molecule has 0 amide bonds. The zero-order chi connectivity index (χ0) is 29.3. The van der Waals surface area contributed by atoms with Crippen LogP contribution < -0.4 is 19.9 Å². The summed E-state index contributed by atoms with van der Waals surface area (Å²) in [5.74, 6) is 1.67. The zero-order valence-corrected chi connectivity index (χ0v) is 24.6. The van der Waals surface area contributed by atoms with Crippen LogP contribution in [0.3, 0.4) is 0 Å². The van der Waals surface area contributed by atoms with Gasteiger partial charge in [0.2, 0.25) is 0 Å². The lowest BCUT2D eigenvalue weighted by molar-refractivity contribution is 0.111. The van der Waals surface area contributed by atoms with E-state index in [1.165, 1.54) is 25.9 Å². The van der Waals surface area contributed by atoms with Crippen LogP contribution in [0.25, 0.3) is 11.1 Å². The highest BCUT2D eigenvalue weighted by Gasteiger charge is 2.14. The van der Waals surface area contributed by atoms with E-state index in [1.807, 2.05) is 24.3 Å². The first-order chi connectivity index (χ1) is 20.5. The van der Waals surface area contributed by atoms with Crippen molar-refractivity contribution in [3.05, 3.63) is 100 Å². The first-order valence-electron chi connectivity index (χ1n) is 14.3. The van der Waals surface area contributed by atoms with Crippen LogP contribution in [0.4, 0.5) is 5.69 Å². The van der Waals surface area contributed by atoms with Gasteiger partial charge in [0.1, 0.15) is 30.5 Å². The summed E-state index contributed by atoms with van der Waals surface area (Å²) in [7, 11) is 0. The molecule has 218 valence electrons. The molecule has 42 heavy (non-hydrogen) atoms. The molecule has 1 fully saturated rings. The van der Waals surface area contributed by atoms with Crippen LogP contribution in [0.5, 0.6) is 17.2 Å². The number of hydrogen-bond donors (Lipinski definition) is 1. The number of pyridine rings is 1. The Hall–Kier alpha value is -4.07. The molecular weight excluding hydrogens is 550 g/mol. The number of aromatic nitrogens is 1. The average Bonchev–Trinajstić information content (AvgIpc) is 3.52. The van der Waals surface area contributed by atoms with Gasteiger partial charge in [-0.2, -0.15) is 0 Å². The average molecular weight is 586 g/mol. The Balaban J connectivity index is 1.25. The number of nitrogens with zero attached hydrogens (tertiary/aromatic N) is 2. The van der Waals surface area contributed by atoms with Crippen molar-refractivity contribution in [2.45, 2.75) is 39.4 Å². The summed E-state index contributed by atoms with van der Waals surface area (Å²) in [6, 6.07) is 19.4. The first-order valence-corrected chi connectivity index (χ1v) is 14.7. The van der Waals surface area contributed by atoms with Crippen LogP contribution in [-0.2, 0) is 13.2 Å². The monoisotopic (exact) mass is 585 g/mol. The third-order valence-electron chi connectivity index (χ3n) is 7.46. The fourth-order valence-electron chi connectivity index (χ4n) is 5.17. The minimum atomic E-state index is 0.197. The Labute approximate surface area is 252 Å². The number of hydrogen-bond acceptors (Lipinski definition) is 7. The Kier molecular flexibility index (Phi) is 9.95. The van der Waals surface area contributed by atoms with Crippen molar-refractivity contribution < 1.29 is 19.0 Å². The molecule has 0 unspecified atom stereocenters. The van der Waals surface area contributed by atoms with Gasteiger partial charge in [0.25, 0.3) is 0 Å². The van der Waals surface area contributed by atoms with Crippen molar-refractivity contribution in [3.63, 3.8) is 0 Å². The maximum absolute atomic E-state index is 11.7. The van der Waals surface area contributed by atoms with Crippen molar-refractivity contribution in [3.8, 4) is 28.4 Å². The molecule has 1 aliphatic heterocycles. The van der Waals surface area contributed by atoms with Gasteiger partial charge in [-0.25, -0.2) is 0 Å². The number of likely N-dealkylation sites (tertiary alicyclic amines) is 1. The van der Waals surface area contributed by atoms with E-state index in [0.717, 1.165) is 46.5 Å². The minimum Gasteiger partial charge on any atom is -0.494 e. The van der Waals surface area contributed by atoms with E-state index in [0.29, 0.717) is 47.3 Å². The number of nitrogen functional groups attached to an aromatic ring is 1. The smallest absolute Gasteiger partial charge is 0.153 e. The standard InChI is InChI=1S/C34H36ClN3O4/c1-24-27(8-5-10-31(24)26-7-4-9-30(16-26)40-14-6-13-38-11-2-3-12-38)23-42-34-18-33(28(21-39)17-32(34)35)41-22-25-15-29(36)20-37-19-25/h4-5,7-10,15-21H,2-3,6,11-14,22-23,36H2,1H3. The van der Waals surface area contributed by atoms with Gasteiger partial charge >= 0.3 is 0 Å². The first kappa shape index (κ1) is 29.4. The number of benzene rings is 3. The highest BCUT2D eigenvalue weighted by Crippen LogP contribution is 2.34. The second kappa shape index (κ2) is 14.2. The third kappa shape index (κ3) is 7.60. The van der Waals surface area contributed by atoms with Crippen LogP contribution in [0, 0.1) is 6.92 Å². The van der Waals surface area contributed by atoms with E-state index in [-0.39, 0.29) is 6.61 Å². The summed E-state index contributed by atoms with van der Waals surface area (Å²) in [5.41, 5.74) is 11.8. The minimum absolute atomic E-state index is 0.197. The molecule has 8 heteroatoms. The molecule has 5 rings (SSSR count). The number of aldehydes is 1. The van der Waals surface area contributed by atoms with Crippen LogP contribution in [0.2, 0.25) is 5.02 Å². The van der Waals surface area contributed by atoms with Gasteiger partial charge in [-0.05, 0) is 85.8 Å². The summed E-state index contributed by atoms with van der Waals surface area (Å²) in [6.45, 7) is 6.80. The quantitative estimate of drug-likeness (QED) is 0.132. The lowest BCUT2D eigenvalue weighted by Gasteiger charge is -2.16. The van der Waals surface area contributed by atoms with E-state index in [2.05, 4.69) is 35.0 Å². The third-order valence-corrected chi connectivity index (χ3v) is 7.76. The van der Waals surface area contributed by atoms with E-state index >= 15 is 0 Å². The second-order valence-electron chi connectivity index (χ2n) is 10.5. The topological polar surface area (TPSA) is 86.9 Å². The molecule has 1 aliphatic rings. The van der Waals surface area contributed by atoms with Gasteiger partial charge in [0.15, 0.2) is 6.29 Å². The van der Waals surface area contributed by atoms with Gasteiger partial charge in [-0.3, -0.25) is 9.78 Å². The van der Waals surface area contributed by atoms with Crippen molar-refractivity contribution in [2.75, 3.05) is 32.0 Å². The molecule has 0 bridgehead atoms. The Morgan fingerprint density at radius 2 is 1.76 bits per heavy atom. The molecular formula is C34H36ClN3O4. The molecule has 1 saturated heterocycles. The number of nitrogens with two attached hydrogens (primary N) is 1. The fraction of sp³-hybridized carbons (Fsp3) is 0.294. The lowest BCUT2D eigenvalue weighted by atomic mass is 9.96. The molecule has 0 atom stereocenters. The van der Waals surface area contributed by atoms with Crippen LogP contribution >= 0.6 is 11.6 Å². The van der Waals surface area contributed by atoms with Gasteiger partial charge in [0, 0.05) is 30.6 Å². The molecule has 2 N–H and O–H groups in total. The number of carbonyl (C=O) groups excluding carboxylic acids is 1. The number of carbonyl (C=O) groups is 1. The van der Waals surface area contributed by atoms with Gasteiger partial charge in [-0.15, -0.1) is 0 Å². The predicted octanol–water partition coefficient (Wildman–Crippen LogP) is 7.13. The van der Waals surface area contributed by atoms with Crippen LogP contribution in [0.1, 0.15) is 46.3 Å². The maximum Gasteiger partial charge on any atom is 0.153 e. The molecule has 0 spiro atoms. The normalized spacial score (nSPS) is 13.2. The van der Waals surface area contributed by atoms with Gasteiger partial charge in [0.05, 0.1) is 22.9 Å². The van der Waals surface area contributed by atoms with Gasteiger partial charge in [-0.1, -0.05) is 41.9 Å². The maximum atomic E-state index is 11.7. The molecule has 4 aromatic rings. The number of rotatable bonds is 13. The molecule has 2 heterocycles. The van der Waals surface area contributed by atoms with Crippen molar-refractivity contribution in [1.82, 2.24) is 9.88 Å². The number of ether oxygens (including phenoxy) is 3. The number of halogens is 1. The summed E-state index contributed by atoms with van der Waals surface area (Å²) in [5, 5.41) is 0.332. The predicted molar refractivity (Wildman–Crippen MR) is 167 cm³/mol. The lowest BCUT2D eigenvalue weighted by Crippen LogP contribution is -2.21. The molecule has 0 radical (unpaired) electrons. The van der Waals surface area contributed by atoms with E-state index in [4.69, 9.17) is 31.5 Å². The fourth-order valence-corrected chi connectivity index (χ4v) is 5.40. The summed E-state index contributed by atoms with van der Waals surface area (Å²) in [4.78, 5) is 18.3. The van der Waals surface area contributed by atoms with E-state index in [1.54, 1.807) is 30.6 Å². The molecule has 3 aromatic carbocycles. The molecule has 0 aliphatic carbocycles. The molecule has 0 saturated carbocycles. The Bertz CT molecular complexity index is 1520. The van der Waals surface area contributed by atoms with Crippen molar-refractivity contribution in [2.24, 2.45) is 0 Å². The Morgan fingerprint density at radius 3 is 2.57 bits per heavy atom. The molecule has 1 aromatic heterocycles.